The quantitative estimate of drug-likeness (QED) is 0.828. The third kappa shape index (κ3) is 1.70. The van der Waals surface area contributed by atoms with E-state index in [0.29, 0.717) is 13.2 Å². The van der Waals surface area contributed by atoms with Crippen LogP contribution in [0.4, 0.5) is 0 Å². The summed E-state index contributed by atoms with van der Waals surface area (Å²) in [5.41, 5.74) is 7.84. The summed E-state index contributed by atoms with van der Waals surface area (Å²) in [6.45, 7) is 3.21. The van der Waals surface area contributed by atoms with Gasteiger partial charge in [-0.15, -0.1) is 0 Å². The molecule has 15 heavy (non-hydrogen) atoms. The van der Waals surface area contributed by atoms with Crippen molar-refractivity contribution in [2.24, 2.45) is 12.8 Å². The van der Waals surface area contributed by atoms with Crippen molar-refractivity contribution >= 4 is 10.9 Å². The Labute approximate surface area is 89.4 Å². The second-order valence-electron chi connectivity index (χ2n) is 3.71. The summed E-state index contributed by atoms with van der Waals surface area (Å²) in [5, 5.41) is 1.24. The van der Waals surface area contributed by atoms with Crippen LogP contribution in [0.1, 0.15) is 5.56 Å². The third-order valence-corrected chi connectivity index (χ3v) is 2.54. The summed E-state index contributed by atoms with van der Waals surface area (Å²) in [6.07, 6.45) is 2.11. The van der Waals surface area contributed by atoms with Crippen LogP contribution in [-0.2, 0) is 7.05 Å². The van der Waals surface area contributed by atoms with E-state index in [0.717, 1.165) is 11.3 Å². The van der Waals surface area contributed by atoms with Crippen LogP contribution in [-0.4, -0.2) is 17.7 Å². The average Bonchev–Trinajstić information content (AvgIpc) is 2.53. The topological polar surface area (TPSA) is 40.2 Å². The maximum atomic E-state index is 5.62. The van der Waals surface area contributed by atoms with E-state index < -0.39 is 0 Å². The van der Waals surface area contributed by atoms with Gasteiger partial charge in [0, 0.05) is 25.2 Å². The minimum atomic E-state index is 0.541. The molecule has 0 radical (unpaired) electrons. The monoisotopic (exact) mass is 204 g/mol. The van der Waals surface area contributed by atoms with E-state index >= 15 is 0 Å². The van der Waals surface area contributed by atoms with Crippen molar-refractivity contribution in [1.29, 1.82) is 0 Å². The first kappa shape index (κ1) is 10.1. The first-order chi connectivity index (χ1) is 7.24. The van der Waals surface area contributed by atoms with Gasteiger partial charge < -0.3 is 15.0 Å². The Morgan fingerprint density at radius 1 is 1.40 bits per heavy atom. The second-order valence-corrected chi connectivity index (χ2v) is 3.71. The summed E-state index contributed by atoms with van der Waals surface area (Å²) >= 11 is 0. The van der Waals surface area contributed by atoms with Gasteiger partial charge in [-0.1, -0.05) is 12.1 Å². The van der Waals surface area contributed by atoms with Gasteiger partial charge in [0.2, 0.25) is 0 Å². The van der Waals surface area contributed by atoms with Gasteiger partial charge in [-0.25, -0.2) is 0 Å². The van der Waals surface area contributed by atoms with Crippen molar-refractivity contribution in [3.8, 4) is 5.75 Å². The van der Waals surface area contributed by atoms with Crippen molar-refractivity contribution in [2.45, 2.75) is 6.92 Å². The van der Waals surface area contributed by atoms with Crippen LogP contribution < -0.4 is 10.5 Å². The van der Waals surface area contributed by atoms with Crippen molar-refractivity contribution in [1.82, 2.24) is 4.57 Å². The lowest BCUT2D eigenvalue weighted by molar-refractivity contribution is 0.331. The minimum Gasteiger partial charge on any atom is -0.490 e. The van der Waals surface area contributed by atoms with Gasteiger partial charge in [-0.05, 0) is 18.6 Å². The molecule has 0 unspecified atom stereocenters. The fourth-order valence-electron chi connectivity index (χ4n) is 1.91. The first-order valence-electron chi connectivity index (χ1n) is 5.11. The maximum Gasteiger partial charge on any atom is 0.143 e. The number of fused-ring (bicyclic) bond motifs is 1. The first-order valence-corrected chi connectivity index (χ1v) is 5.11. The number of aromatic nitrogens is 1. The molecule has 0 aliphatic heterocycles. The van der Waals surface area contributed by atoms with Crippen LogP contribution in [0.25, 0.3) is 10.9 Å². The highest BCUT2D eigenvalue weighted by molar-refractivity contribution is 5.88. The van der Waals surface area contributed by atoms with Crippen LogP contribution in [0.3, 0.4) is 0 Å². The maximum absolute atomic E-state index is 5.62. The van der Waals surface area contributed by atoms with Gasteiger partial charge in [-0.2, -0.15) is 0 Å². The molecule has 0 atom stereocenters. The number of benzene rings is 1. The molecule has 0 spiro atoms. The van der Waals surface area contributed by atoms with Gasteiger partial charge in [0.25, 0.3) is 0 Å². The average molecular weight is 204 g/mol. The fraction of sp³-hybridized carbons (Fsp3) is 0.333. The molecule has 3 nitrogen and oxygen atoms in total. The lowest BCUT2D eigenvalue weighted by atomic mass is 10.2. The molecule has 1 heterocycles. The Kier molecular flexibility index (Phi) is 2.64. The summed E-state index contributed by atoms with van der Waals surface area (Å²) in [6, 6.07) is 6.11. The highest BCUT2D eigenvalue weighted by Crippen LogP contribution is 2.28. The van der Waals surface area contributed by atoms with Gasteiger partial charge in [0.15, 0.2) is 0 Å². The van der Waals surface area contributed by atoms with E-state index in [-0.39, 0.29) is 0 Å². The highest BCUT2D eigenvalue weighted by Gasteiger charge is 2.07. The zero-order chi connectivity index (χ0) is 10.8. The van der Waals surface area contributed by atoms with E-state index in [4.69, 9.17) is 10.5 Å². The van der Waals surface area contributed by atoms with Crippen molar-refractivity contribution in [2.75, 3.05) is 13.2 Å². The van der Waals surface area contributed by atoms with Crippen LogP contribution in [0.2, 0.25) is 0 Å². The second kappa shape index (κ2) is 3.95. The molecule has 3 heteroatoms. The molecular formula is C12H16N2O. The van der Waals surface area contributed by atoms with Crippen LogP contribution in [0, 0.1) is 6.92 Å². The Bertz CT molecular complexity index is 474. The Hall–Kier alpha value is -1.48. The summed E-state index contributed by atoms with van der Waals surface area (Å²) < 4.78 is 7.71. The highest BCUT2D eigenvalue weighted by atomic mass is 16.5. The van der Waals surface area contributed by atoms with Crippen LogP contribution in [0.5, 0.6) is 5.75 Å². The Balaban J connectivity index is 2.54. The third-order valence-electron chi connectivity index (χ3n) is 2.54. The Morgan fingerprint density at radius 2 is 2.20 bits per heavy atom. The summed E-state index contributed by atoms with van der Waals surface area (Å²) in [5.74, 6) is 0.911. The number of nitrogens with two attached hydrogens (primary N) is 1. The number of aryl methyl sites for hydroxylation is 2. The van der Waals surface area contributed by atoms with E-state index in [1.807, 2.05) is 19.2 Å². The molecule has 0 aliphatic rings. The largest absolute Gasteiger partial charge is 0.490 e. The number of ether oxygens (including phenoxy) is 1. The van der Waals surface area contributed by atoms with Crippen LogP contribution in [0.15, 0.2) is 24.4 Å². The van der Waals surface area contributed by atoms with Crippen molar-refractivity contribution in [3.63, 3.8) is 0 Å². The SMILES string of the molecule is Cc1cn(C)c2c(OCCN)cccc12. The lowest BCUT2D eigenvalue weighted by Gasteiger charge is -2.07. The number of rotatable bonds is 3. The molecule has 1 aromatic heterocycles. The van der Waals surface area contributed by atoms with Gasteiger partial charge in [-0.3, -0.25) is 0 Å². The fourth-order valence-corrected chi connectivity index (χ4v) is 1.91. The smallest absolute Gasteiger partial charge is 0.143 e. The molecule has 80 valence electrons. The lowest BCUT2D eigenvalue weighted by Crippen LogP contribution is -2.11. The molecule has 0 fully saturated rings. The van der Waals surface area contributed by atoms with Gasteiger partial charge >= 0.3 is 0 Å². The predicted molar refractivity (Wildman–Crippen MR) is 62.2 cm³/mol. The number of hydrogen-bond acceptors (Lipinski definition) is 2. The van der Waals surface area contributed by atoms with E-state index in [9.17, 15) is 0 Å². The molecule has 2 N–H and O–H groups in total. The normalized spacial score (nSPS) is 10.9. The molecule has 0 saturated carbocycles. The molecule has 1 aromatic carbocycles. The predicted octanol–water partition coefficient (Wildman–Crippen LogP) is 1.82. The summed E-state index contributed by atoms with van der Waals surface area (Å²) in [7, 11) is 2.03. The number of para-hydroxylation sites is 1. The molecule has 0 bridgehead atoms. The van der Waals surface area contributed by atoms with Crippen LogP contribution >= 0.6 is 0 Å². The van der Waals surface area contributed by atoms with Crippen molar-refractivity contribution in [3.05, 3.63) is 30.0 Å². The molecule has 0 aliphatic carbocycles. The zero-order valence-electron chi connectivity index (χ0n) is 9.16. The number of nitrogens with zero attached hydrogens (tertiary/aromatic N) is 1. The summed E-state index contributed by atoms with van der Waals surface area (Å²) in [4.78, 5) is 0. The molecule has 0 amide bonds. The molecule has 2 aromatic rings. The minimum absolute atomic E-state index is 0.541. The number of hydrogen-bond donors (Lipinski definition) is 1. The standard InChI is InChI=1S/C12H16N2O/c1-9-8-14(2)12-10(9)4-3-5-11(12)15-7-6-13/h3-5,8H,6-7,13H2,1-2H3. The Morgan fingerprint density at radius 3 is 2.93 bits per heavy atom. The molecule has 2 rings (SSSR count). The molecular weight excluding hydrogens is 188 g/mol. The van der Waals surface area contributed by atoms with Crippen molar-refractivity contribution < 1.29 is 4.74 Å². The van der Waals surface area contributed by atoms with Gasteiger partial charge in [0.05, 0.1) is 5.52 Å². The molecule has 0 saturated heterocycles. The van der Waals surface area contributed by atoms with E-state index in [1.165, 1.54) is 10.9 Å². The van der Waals surface area contributed by atoms with E-state index in [2.05, 4.69) is 23.8 Å². The zero-order valence-corrected chi connectivity index (χ0v) is 9.16. The van der Waals surface area contributed by atoms with E-state index in [1.54, 1.807) is 0 Å². The van der Waals surface area contributed by atoms with Gasteiger partial charge in [0.1, 0.15) is 12.4 Å².